The van der Waals surface area contributed by atoms with Gasteiger partial charge in [0.25, 0.3) is 0 Å². The number of hydrogen-bond donors (Lipinski definition) is 0. The third kappa shape index (κ3) is 3.89. The minimum absolute atomic E-state index is 0.0467. The molecule has 22 heavy (non-hydrogen) atoms. The van der Waals surface area contributed by atoms with Crippen molar-refractivity contribution in [2.75, 3.05) is 24.7 Å². The third-order valence-corrected chi connectivity index (χ3v) is 5.45. The van der Waals surface area contributed by atoms with Gasteiger partial charge in [-0.15, -0.1) is 23.1 Å². The molecule has 1 aromatic heterocycles. The lowest BCUT2D eigenvalue weighted by molar-refractivity contribution is -0.140. The van der Waals surface area contributed by atoms with Crippen molar-refractivity contribution in [3.8, 4) is 0 Å². The van der Waals surface area contributed by atoms with Crippen LogP contribution in [0.1, 0.15) is 23.7 Å². The maximum Gasteiger partial charge on any atom is 0.248 e. The number of likely N-dealkylation sites (N-methyl/N-ethyl adjacent to an activating group) is 1. The molecule has 1 atom stereocenters. The van der Waals surface area contributed by atoms with E-state index in [-0.39, 0.29) is 17.9 Å². The lowest BCUT2D eigenvalue weighted by atomic mass is 10.2. The minimum atomic E-state index is -0.342. The number of carbonyl (C=O) groups is 2. The number of thioether (sulfide) groups is 1. The van der Waals surface area contributed by atoms with E-state index in [0.29, 0.717) is 24.7 Å². The van der Waals surface area contributed by atoms with E-state index >= 15 is 0 Å². The molecule has 5 nitrogen and oxygen atoms in total. The molecule has 0 spiro atoms. The van der Waals surface area contributed by atoms with Crippen molar-refractivity contribution in [1.29, 1.82) is 0 Å². The fourth-order valence-electron chi connectivity index (χ4n) is 2.31. The summed E-state index contributed by atoms with van der Waals surface area (Å²) >= 11 is 3.17. The number of hydrogen-bond acceptors (Lipinski definition) is 5. The van der Waals surface area contributed by atoms with Crippen LogP contribution in [-0.2, 0) is 9.59 Å². The zero-order chi connectivity index (χ0) is 16.1. The first-order valence-corrected chi connectivity index (χ1v) is 9.31. The SMILES string of the molecule is CCN(CC)C(=O)[C@H]1CSCN1C(=O)/C=C\c1cnc(C)s1. The van der Waals surface area contributed by atoms with E-state index in [1.54, 1.807) is 51.2 Å². The fraction of sp³-hybridized carbons (Fsp3) is 0.533. The molecule has 1 saturated heterocycles. The maximum atomic E-state index is 12.5. The average molecular weight is 339 g/mol. The molecule has 0 radical (unpaired) electrons. The van der Waals surface area contributed by atoms with Gasteiger partial charge in [0.2, 0.25) is 11.8 Å². The van der Waals surface area contributed by atoms with Crippen LogP contribution in [0.3, 0.4) is 0 Å². The monoisotopic (exact) mass is 339 g/mol. The molecule has 0 N–H and O–H groups in total. The van der Waals surface area contributed by atoms with Crippen LogP contribution < -0.4 is 0 Å². The van der Waals surface area contributed by atoms with E-state index in [9.17, 15) is 9.59 Å². The van der Waals surface area contributed by atoms with Gasteiger partial charge in [0, 0.05) is 36.0 Å². The number of aromatic nitrogens is 1. The molecule has 120 valence electrons. The molecule has 2 rings (SSSR count). The van der Waals surface area contributed by atoms with Gasteiger partial charge in [-0.2, -0.15) is 0 Å². The summed E-state index contributed by atoms with van der Waals surface area (Å²) in [6.45, 7) is 7.20. The Balaban J connectivity index is 2.04. The molecule has 0 bridgehead atoms. The highest BCUT2D eigenvalue weighted by molar-refractivity contribution is 7.99. The van der Waals surface area contributed by atoms with Crippen molar-refractivity contribution in [3.05, 3.63) is 22.2 Å². The topological polar surface area (TPSA) is 53.5 Å². The van der Waals surface area contributed by atoms with Gasteiger partial charge in [-0.3, -0.25) is 9.59 Å². The number of nitrogens with zero attached hydrogens (tertiary/aromatic N) is 3. The Morgan fingerprint density at radius 1 is 1.45 bits per heavy atom. The molecule has 1 aliphatic rings. The Bertz CT molecular complexity index is 567. The fourth-order valence-corrected chi connectivity index (χ4v) is 4.16. The van der Waals surface area contributed by atoms with Gasteiger partial charge in [0.05, 0.1) is 10.9 Å². The number of carbonyl (C=O) groups excluding carboxylic acids is 2. The highest BCUT2D eigenvalue weighted by atomic mass is 32.2. The van der Waals surface area contributed by atoms with Crippen molar-refractivity contribution < 1.29 is 9.59 Å². The standard InChI is InChI=1S/C15H21N3O2S2/c1-4-17(5-2)15(20)13-9-21-10-18(13)14(19)7-6-12-8-16-11(3)22-12/h6-8,13H,4-5,9-10H2,1-3H3/b7-6-/t13-/m1/s1. The van der Waals surface area contributed by atoms with Crippen LogP contribution in [0.25, 0.3) is 6.08 Å². The number of thiazole rings is 1. The highest BCUT2D eigenvalue weighted by Crippen LogP contribution is 2.23. The van der Waals surface area contributed by atoms with Crippen LogP contribution in [0, 0.1) is 6.92 Å². The molecule has 0 saturated carbocycles. The molecule has 0 aliphatic carbocycles. The molecule has 7 heteroatoms. The molecular weight excluding hydrogens is 318 g/mol. The molecule has 1 fully saturated rings. The molecule has 1 aliphatic heterocycles. The lowest BCUT2D eigenvalue weighted by Crippen LogP contribution is -2.48. The number of rotatable bonds is 5. The molecule has 2 amide bonds. The summed E-state index contributed by atoms with van der Waals surface area (Å²) < 4.78 is 0. The van der Waals surface area contributed by atoms with Gasteiger partial charge in [-0.25, -0.2) is 4.98 Å². The zero-order valence-corrected chi connectivity index (χ0v) is 14.7. The van der Waals surface area contributed by atoms with Crippen LogP contribution in [-0.4, -0.2) is 57.4 Å². The highest BCUT2D eigenvalue weighted by Gasteiger charge is 2.35. The summed E-state index contributed by atoms with van der Waals surface area (Å²) in [7, 11) is 0. The van der Waals surface area contributed by atoms with Crippen LogP contribution in [0.4, 0.5) is 0 Å². The smallest absolute Gasteiger partial charge is 0.248 e. The average Bonchev–Trinajstić information content (AvgIpc) is 3.14. The second-order valence-corrected chi connectivity index (χ2v) is 7.22. The first-order chi connectivity index (χ1) is 10.6. The van der Waals surface area contributed by atoms with Crippen LogP contribution >= 0.6 is 23.1 Å². The Morgan fingerprint density at radius 3 is 2.77 bits per heavy atom. The first kappa shape index (κ1) is 17.0. The van der Waals surface area contributed by atoms with Crippen molar-refractivity contribution >= 4 is 41.0 Å². The first-order valence-electron chi connectivity index (χ1n) is 7.34. The van der Waals surface area contributed by atoms with E-state index in [2.05, 4.69) is 4.98 Å². The normalized spacial score (nSPS) is 18.1. The van der Waals surface area contributed by atoms with Crippen molar-refractivity contribution in [3.63, 3.8) is 0 Å². The minimum Gasteiger partial charge on any atom is -0.341 e. The van der Waals surface area contributed by atoms with Crippen molar-refractivity contribution in [2.45, 2.75) is 26.8 Å². The van der Waals surface area contributed by atoms with Crippen molar-refractivity contribution in [1.82, 2.24) is 14.8 Å². The van der Waals surface area contributed by atoms with E-state index < -0.39 is 0 Å². The maximum absolute atomic E-state index is 12.5. The number of amides is 2. The molecule has 1 aromatic rings. The van der Waals surface area contributed by atoms with Gasteiger partial charge in [-0.1, -0.05) is 0 Å². The lowest BCUT2D eigenvalue weighted by Gasteiger charge is -2.27. The Kier molecular flexibility index (Phi) is 6.02. The predicted octanol–water partition coefficient (Wildman–Crippen LogP) is 2.23. The summed E-state index contributed by atoms with van der Waals surface area (Å²) in [5, 5.41) is 0.971. The van der Waals surface area contributed by atoms with Crippen molar-refractivity contribution in [2.24, 2.45) is 0 Å². The summed E-state index contributed by atoms with van der Waals surface area (Å²) in [4.78, 5) is 33.4. The predicted molar refractivity (Wildman–Crippen MR) is 91.8 cm³/mol. The van der Waals surface area contributed by atoms with Gasteiger partial charge < -0.3 is 9.80 Å². The summed E-state index contributed by atoms with van der Waals surface area (Å²) in [6, 6.07) is -0.342. The van der Waals surface area contributed by atoms with Crippen LogP contribution in [0.5, 0.6) is 0 Å². The summed E-state index contributed by atoms with van der Waals surface area (Å²) in [6.07, 6.45) is 5.07. The van der Waals surface area contributed by atoms with Gasteiger partial charge in [-0.05, 0) is 26.8 Å². The van der Waals surface area contributed by atoms with E-state index in [4.69, 9.17) is 0 Å². The zero-order valence-electron chi connectivity index (χ0n) is 13.1. The van der Waals surface area contributed by atoms with Gasteiger partial charge in [0.15, 0.2) is 0 Å². The van der Waals surface area contributed by atoms with Gasteiger partial charge >= 0.3 is 0 Å². The quantitative estimate of drug-likeness (QED) is 0.772. The van der Waals surface area contributed by atoms with E-state index in [0.717, 1.165) is 9.88 Å². The number of aryl methyl sites for hydroxylation is 1. The Morgan fingerprint density at radius 2 is 2.18 bits per heavy atom. The Labute approximate surface area is 139 Å². The summed E-state index contributed by atoms with van der Waals surface area (Å²) in [5.41, 5.74) is 0. The van der Waals surface area contributed by atoms with Crippen LogP contribution in [0.2, 0.25) is 0 Å². The molecule has 2 heterocycles. The molecular formula is C15H21N3O2S2. The Hall–Kier alpha value is -1.34. The largest absolute Gasteiger partial charge is 0.341 e. The van der Waals surface area contributed by atoms with Crippen LogP contribution in [0.15, 0.2) is 12.3 Å². The molecule has 0 aromatic carbocycles. The summed E-state index contributed by atoms with van der Waals surface area (Å²) in [5.74, 6) is 1.18. The second kappa shape index (κ2) is 7.78. The van der Waals surface area contributed by atoms with E-state index in [1.165, 1.54) is 0 Å². The molecule has 0 unspecified atom stereocenters. The van der Waals surface area contributed by atoms with E-state index in [1.807, 2.05) is 20.8 Å². The second-order valence-electron chi connectivity index (χ2n) is 4.95. The van der Waals surface area contributed by atoms with Gasteiger partial charge in [0.1, 0.15) is 6.04 Å². The third-order valence-electron chi connectivity index (χ3n) is 3.55.